The molecule has 0 radical (unpaired) electrons. The Balaban J connectivity index is 1.91. The van der Waals surface area contributed by atoms with Gasteiger partial charge in [0, 0.05) is 23.7 Å². The summed E-state index contributed by atoms with van der Waals surface area (Å²) in [7, 11) is 0. The lowest BCUT2D eigenvalue weighted by Gasteiger charge is -2.33. The second-order valence-corrected chi connectivity index (χ2v) is 11.6. The van der Waals surface area contributed by atoms with Crippen LogP contribution < -0.4 is 10.6 Å². The largest absolute Gasteiger partial charge is 0.479 e. The third kappa shape index (κ3) is 5.64. The van der Waals surface area contributed by atoms with E-state index in [4.69, 9.17) is 28.6 Å². The molecule has 2 heterocycles. The Morgan fingerprint density at radius 2 is 2.15 bits per heavy atom. The van der Waals surface area contributed by atoms with Crippen molar-refractivity contribution >= 4 is 62.4 Å². The monoisotopic (exact) mass is 535 g/mol. The third-order valence-corrected chi connectivity index (χ3v) is 9.48. The van der Waals surface area contributed by atoms with Crippen LogP contribution in [-0.4, -0.2) is 46.6 Å². The van der Waals surface area contributed by atoms with Gasteiger partial charge >= 0.3 is 5.97 Å². The smallest absolute Gasteiger partial charge is 0.330 e. The van der Waals surface area contributed by atoms with Gasteiger partial charge in [-0.3, -0.25) is 4.55 Å². The Kier molecular flexibility index (Phi) is 8.66. The Hall–Kier alpha value is -1.40. The van der Waals surface area contributed by atoms with Crippen LogP contribution in [0, 0.1) is 12.8 Å². The lowest BCUT2D eigenvalue weighted by molar-refractivity contribution is -0.144. The number of hydrogen-bond donors (Lipinski definition) is 4. The van der Waals surface area contributed by atoms with E-state index in [0.29, 0.717) is 23.0 Å². The van der Waals surface area contributed by atoms with Gasteiger partial charge in [0.15, 0.2) is 0 Å². The summed E-state index contributed by atoms with van der Waals surface area (Å²) in [6.07, 6.45) is 8.22. The third-order valence-electron chi connectivity index (χ3n) is 6.15. The number of thiocarbonyl (C=S) groups is 1. The second-order valence-electron chi connectivity index (χ2n) is 8.75. The fourth-order valence-electron chi connectivity index (χ4n) is 4.15. The number of anilines is 1. The lowest BCUT2D eigenvalue weighted by atomic mass is 9.86. The maximum absolute atomic E-state index is 12.2. The summed E-state index contributed by atoms with van der Waals surface area (Å²) in [6.45, 7) is 5.20. The van der Waals surface area contributed by atoms with Crippen molar-refractivity contribution in [2.75, 3.05) is 11.9 Å². The molecule has 0 aromatic carbocycles. The molecule has 3 rings (SSSR count). The summed E-state index contributed by atoms with van der Waals surface area (Å²) >= 11 is 10.9. The van der Waals surface area contributed by atoms with Crippen molar-refractivity contribution in [1.82, 2.24) is 9.62 Å². The summed E-state index contributed by atoms with van der Waals surface area (Å²) in [5.74, 6) is -0.828. The standard InChI is InChI=1S/C21H30ClN3O5S3/c1-12-15(19(31)25(33(28)29)21(2,3)20(26)27)18(32-16(12)17-23-10-11-30-17)24-9-8-13-6-4-5-7-14(13)22/h10-11,13-14,17,23-24H,4-9H2,1-3H3,(H,26,27)(H,28,29). The zero-order valence-electron chi connectivity index (χ0n) is 18.8. The zero-order chi connectivity index (χ0) is 24.3. The Morgan fingerprint density at radius 3 is 2.73 bits per heavy atom. The van der Waals surface area contributed by atoms with Gasteiger partial charge in [-0.1, -0.05) is 25.1 Å². The van der Waals surface area contributed by atoms with Crippen LogP contribution in [-0.2, 0) is 20.8 Å². The molecule has 1 aromatic rings. The van der Waals surface area contributed by atoms with Crippen molar-refractivity contribution in [2.45, 2.75) is 70.0 Å². The van der Waals surface area contributed by atoms with E-state index in [2.05, 4.69) is 10.6 Å². The van der Waals surface area contributed by atoms with Gasteiger partial charge < -0.3 is 20.5 Å². The Morgan fingerprint density at radius 1 is 1.45 bits per heavy atom. The van der Waals surface area contributed by atoms with Crippen LogP contribution in [0.2, 0.25) is 0 Å². The molecule has 4 unspecified atom stereocenters. The van der Waals surface area contributed by atoms with Gasteiger partial charge in [0.25, 0.3) is 11.3 Å². The highest BCUT2D eigenvalue weighted by atomic mass is 35.5. The van der Waals surface area contributed by atoms with Crippen LogP contribution in [0.15, 0.2) is 12.5 Å². The van der Waals surface area contributed by atoms with Gasteiger partial charge in [0.2, 0.25) is 6.23 Å². The molecule has 1 fully saturated rings. The van der Waals surface area contributed by atoms with Gasteiger partial charge in [-0.25, -0.2) is 13.3 Å². The van der Waals surface area contributed by atoms with E-state index in [1.807, 2.05) is 6.92 Å². The number of ether oxygens (including phenoxy) is 1. The number of alkyl halides is 1. The normalized spacial score (nSPS) is 23.5. The topological polar surface area (TPSA) is 111 Å². The molecule has 1 aliphatic carbocycles. The first-order valence-corrected chi connectivity index (χ1v) is 13.5. The molecule has 1 aliphatic heterocycles. The zero-order valence-corrected chi connectivity index (χ0v) is 22.0. The van der Waals surface area contributed by atoms with Crippen molar-refractivity contribution < 1.29 is 23.4 Å². The molecule has 0 amide bonds. The van der Waals surface area contributed by atoms with E-state index in [9.17, 15) is 18.7 Å². The summed E-state index contributed by atoms with van der Waals surface area (Å²) in [5.41, 5.74) is -0.400. The predicted molar refractivity (Wildman–Crippen MR) is 136 cm³/mol. The van der Waals surface area contributed by atoms with Gasteiger partial charge in [-0.2, -0.15) is 0 Å². The molecule has 33 heavy (non-hydrogen) atoms. The summed E-state index contributed by atoms with van der Waals surface area (Å²) in [5, 5.41) is 17.1. The molecular weight excluding hydrogens is 506 g/mol. The van der Waals surface area contributed by atoms with E-state index in [1.54, 1.807) is 12.5 Å². The molecule has 4 N–H and O–H groups in total. The fourth-order valence-corrected chi connectivity index (χ4v) is 7.23. The summed E-state index contributed by atoms with van der Waals surface area (Å²) < 4.78 is 28.6. The number of carbonyl (C=O) groups is 1. The number of thiophene rings is 1. The average Bonchev–Trinajstić information content (AvgIpc) is 3.36. The predicted octanol–water partition coefficient (Wildman–Crippen LogP) is 4.72. The molecule has 2 aliphatic rings. The molecule has 12 heteroatoms. The molecule has 1 aromatic heterocycles. The maximum Gasteiger partial charge on any atom is 0.330 e. The van der Waals surface area contributed by atoms with E-state index in [1.165, 1.54) is 38.0 Å². The summed E-state index contributed by atoms with van der Waals surface area (Å²) in [6, 6.07) is 0. The van der Waals surface area contributed by atoms with E-state index >= 15 is 0 Å². The van der Waals surface area contributed by atoms with Crippen molar-refractivity contribution in [2.24, 2.45) is 5.92 Å². The first-order chi connectivity index (χ1) is 15.6. The Labute approximate surface area is 211 Å². The van der Waals surface area contributed by atoms with Gasteiger partial charge in [-0.15, -0.1) is 22.9 Å². The molecule has 184 valence electrons. The minimum atomic E-state index is -2.64. The highest BCUT2D eigenvalue weighted by molar-refractivity contribution is 7.84. The molecule has 0 saturated heterocycles. The molecule has 0 spiro atoms. The van der Waals surface area contributed by atoms with Crippen LogP contribution in [0.3, 0.4) is 0 Å². The first kappa shape index (κ1) is 26.2. The quantitative estimate of drug-likeness (QED) is 0.204. The molecule has 1 saturated carbocycles. The van der Waals surface area contributed by atoms with Crippen molar-refractivity contribution in [3.05, 3.63) is 28.5 Å². The molecule has 8 nitrogen and oxygen atoms in total. The van der Waals surface area contributed by atoms with E-state index in [-0.39, 0.29) is 10.4 Å². The molecule has 4 atom stereocenters. The lowest BCUT2D eigenvalue weighted by Crippen LogP contribution is -2.53. The van der Waals surface area contributed by atoms with Crippen LogP contribution >= 0.6 is 35.2 Å². The van der Waals surface area contributed by atoms with Crippen molar-refractivity contribution in [3.8, 4) is 0 Å². The van der Waals surface area contributed by atoms with Crippen molar-refractivity contribution in [3.63, 3.8) is 0 Å². The highest BCUT2D eigenvalue weighted by Gasteiger charge is 2.42. The number of carboxylic acid groups (broad SMARTS) is 1. The first-order valence-electron chi connectivity index (χ1n) is 10.8. The van der Waals surface area contributed by atoms with Crippen LogP contribution in [0.4, 0.5) is 5.00 Å². The SMILES string of the molecule is Cc1c(C2NC=CO2)sc(NCCC2CCCCC2Cl)c1C(=S)N(S(=O)O)C(C)(C)C(=O)O. The maximum atomic E-state index is 12.2. The average molecular weight is 536 g/mol. The number of halogens is 1. The minimum absolute atomic E-state index is 0.00965. The fraction of sp³-hybridized carbons (Fsp3) is 0.619. The number of nitrogens with zero attached hydrogens (tertiary/aromatic N) is 1. The number of nitrogens with one attached hydrogen (secondary N) is 2. The van der Waals surface area contributed by atoms with Crippen LogP contribution in [0.25, 0.3) is 0 Å². The number of hydrogen-bond acceptors (Lipinski definition) is 7. The van der Waals surface area contributed by atoms with E-state index in [0.717, 1.165) is 34.0 Å². The number of aliphatic carboxylic acids is 1. The van der Waals surface area contributed by atoms with Crippen LogP contribution in [0.1, 0.15) is 68.2 Å². The minimum Gasteiger partial charge on any atom is -0.479 e. The second kappa shape index (κ2) is 10.9. The Bertz CT molecular complexity index is 944. The van der Waals surface area contributed by atoms with Gasteiger partial charge in [0.1, 0.15) is 16.8 Å². The number of carboxylic acids is 1. The van der Waals surface area contributed by atoms with Gasteiger partial charge in [-0.05, 0) is 51.5 Å². The molecule has 0 bridgehead atoms. The number of rotatable bonds is 9. The summed E-state index contributed by atoms with van der Waals surface area (Å²) in [4.78, 5) is 12.7. The molecular formula is C21H30ClN3O5S3. The van der Waals surface area contributed by atoms with Gasteiger partial charge in [0.05, 0.1) is 9.88 Å². The highest BCUT2D eigenvalue weighted by Crippen LogP contribution is 2.40. The van der Waals surface area contributed by atoms with E-state index < -0.39 is 29.0 Å². The van der Waals surface area contributed by atoms with Crippen LogP contribution in [0.5, 0.6) is 0 Å². The van der Waals surface area contributed by atoms with Crippen molar-refractivity contribution in [1.29, 1.82) is 0 Å².